The van der Waals surface area contributed by atoms with Gasteiger partial charge in [0, 0.05) is 20.3 Å². The third-order valence-corrected chi connectivity index (χ3v) is 2.44. The fourth-order valence-electron chi connectivity index (χ4n) is 1.55. The van der Waals surface area contributed by atoms with Gasteiger partial charge in [-0.25, -0.2) is 4.79 Å². The minimum Gasteiger partial charge on any atom is -0.465 e. The molecule has 1 aromatic carbocycles. The van der Waals surface area contributed by atoms with Crippen molar-refractivity contribution >= 4 is 5.97 Å². The summed E-state index contributed by atoms with van der Waals surface area (Å²) >= 11 is 0. The summed E-state index contributed by atoms with van der Waals surface area (Å²) in [5.74, 6) is -0.292. The molecule has 17 heavy (non-hydrogen) atoms. The van der Waals surface area contributed by atoms with Crippen molar-refractivity contribution in [1.29, 1.82) is 0 Å². The summed E-state index contributed by atoms with van der Waals surface area (Å²) in [6.07, 6.45) is 0.955. The van der Waals surface area contributed by atoms with Crippen LogP contribution in [0.25, 0.3) is 0 Å². The molecule has 0 fully saturated rings. The number of hydrogen-bond donors (Lipinski definition) is 1. The van der Waals surface area contributed by atoms with Gasteiger partial charge in [0.05, 0.1) is 12.7 Å². The van der Waals surface area contributed by atoms with Crippen molar-refractivity contribution in [2.45, 2.75) is 13.0 Å². The zero-order valence-electron chi connectivity index (χ0n) is 10.4. The highest BCUT2D eigenvalue weighted by Crippen LogP contribution is 2.09. The van der Waals surface area contributed by atoms with Gasteiger partial charge in [0.1, 0.15) is 0 Å². The Labute approximate surface area is 102 Å². The maximum atomic E-state index is 11.5. The molecule has 94 valence electrons. The number of esters is 1. The van der Waals surface area contributed by atoms with E-state index in [9.17, 15) is 4.79 Å². The summed E-state index contributed by atoms with van der Waals surface area (Å²) in [7, 11) is 3.08. The minimum atomic E-state index is -0.292. The van der Waals surface area contributed by atoms with Crippen molar-refractivity contribution in [3.05, 3.63) is 35.4 Å². The van der Waals surface area contributed by atoms with Crippen LogP contribution in [-0.2, 0) is 16.0 Å². The van der Waals surface area contributed by atoms with E-state index in [-0.39, 0.29) is 5.97 Å². The van der Waals surface area contributed by atoms with Gasteiger partial charge in [-0.15, -0.1) is 0 Å². The second kappa shape index (κ2) is 7.81. The van der Waals surface area contributed by atoms with E-state index in [1.165, 1.54) is 7.11 Å². The van der Waals surface area contributed by atoms with Crippen molar-refractivity contribution < 1.29 is 14.3 Å². The van der Waals surface area contributed by atoms with Crippen LogP contribution < -0.4 is 5.32 Å². The van der Waals surface area contributed by atoms with Crippen molar-refractivity contribution in [2.75, 3.05) is 27.4 Å². The van der Waals surface area contributed by atoms with Crippen molar-refractivity contribution in [3.8, 4) is 0 Å². The van der Waals surface area contributed by atoms with E-state index in [0.717, 1.165) is 25.1 Å². The number of methoxy groups -OCH3 is 2. The summed E-state index contributed by atoms with van der Waals surface area (Å²) in [6, 6.07) is 7.45. The van der Waals surface area contributed by atoms with Crippen LogP contribution in [0.4, 0.5) is 0 Å². The average Bonchev–Trinajstić information content (AvgIpc) is 2.38. The molecule has 0 radical (unpaired) electrons. The van der Waals surface area contributed by atoms with Crippen molar-refractivity contribution in [2.24, 2.45) is 0 Å². The molecule has 0 saturated carbocycles. The summed E-state index contributed by atoms with van der Waals surface area (Å²) < 4.78 is 9.69. The second-order valence-electron chi connectivity index (χ2n) is 3.67. The number of carbonyl (C=O) groups is 1. The lowest BCUT2D eigenvalue weighted by molar-refractivity contribution is 0.0599. The molecule has 0 atom stereocenters. The van der Waals surface area contributed by atoms with Gasteiger partial charge in [0.25, 0.3) is 0 Å². The lowest BCUT2D eigenvalue weighted by Crippen LogP contribution is -2.18. The molecule has 0 bridgehead atoms. The molecule has 0 saturated heterocycles. The first kappa shape index (κ1) is 13.7. The molecule has 4 nitrogen and oxygen atoms in total. The van der Waals surface area contributed by atoms with Crippen molar-refractivity contribution in [3.63, 3.8) is 0 Å². The molecule has 0 amide bonds. The second-order valence-corrected chi connectivity index (χ2v) is 3.67. The zero-order valence-corrected chi connectivity index (χ0v) is 10.4. The number of ether oxygens (including phenoxy) is 2. The van der Waals surface area contributed by atoms with Crippen LogP contribution in [0.15, 0.2) is 24.3 Å². The predicted molar refractivity (Wildman–Crippen MR) is 66.0 cm³/mol. The monoisotopic (exact) mass is 237 g/mol. The molecule has 0 unspecified atom stereocenters. The molecule has 4 heteroatoms. The zero-order chi connectivity index (χ0) is 12.5. The molecule has 1 N–H and O–H groups in total. The third kappa shape index (κ3) is 4.54. The third-order valence-electron chi connectivity index (χ3n) is 2.44. The number of hydrogen-bond acceptors (Lipinski definition) is 4. The van der Waals surface area contributed by atoms with E-state index in [1.807, 2.05) is 18.2 Å². The van der Waals surface area contributed by atoms with Gasteiger partial charge in [0.2, 0.25) is 0 Å². The Morgan fingerprint density at radius 2 is 2.06 bits per heavy atom. The van der Waals surface area contributed by atoms with Gasteiger partial charge in [-0.05, 0) is 24.6 Å². The van der Waals surface area contributed by atoms with Crippen LogP contribution in [0.3, 0.4) is 0 Å². The Hall–Kier alpha value is -1.39. The standard InChI is InChI=1S/C13H19NO3/c1-16-9-5-8-14-10-11-6-3-4-7-12(11)13(15)17-2/h3-4,6-7,14H,5,8-10H2,1-2H3. The first-order valence-corrected chi connectivity index (χ1v) is 5.65. The van der Waals surface area contributed by atoms with E-state index >= 15 is 0 Å². The van der Waals surface area contributed by atoms with Crippen molar-refractivity contribution in [1.82, 2.24) is 5.32 Å². The average molecular weight is 237 g/mol. The largest absolute Gasteiger partial charge is 0.465 e. The molecule has 1 aromatic rings. The Kier molecular flexibility index (Phi) is 6.29. The SMILES string of the molecule is COCCCNCc1ccccc1C(=O)OC. The highest BCUT2D eigenvalue weighted by atomic mass is 16.5. The van der Waals surface area contributed by atoms with Gasteiger partial charge < -0.3 is 14.8 Å². The van der Waals surface area contributed by atoms with E-state index in [1.54, 1.807) is 13.2 Å². The molecule has 0 aliphatic carbocycles. The minimum absolute atomic E-state index is 0.292. The Morgan fingerprint density at radius 1 is 1.29 bits per heavy atom. The van der Waals surface area contributed by atoms with Crippen LogP contribution in [0.5, 0.6) is 0 Å². The molecule has 0 aliphatic rings. The first-order chi connectivity index (χ1) is 8.29. The normalized spacial score (nSPS) is 10.2. The van der Waals surface area contributed by atoms with Gasteiger partial charge >= 0.3 is 5.97 Å². The van der Waals surface area contributed by atoms with Crippen LogP contribution >= 0.6 is 0 Å². The maximum Gasteiger partial charge on any atom is 0.338 e. The molecule has 0 aliphatic heterocycles. The summed E-state index contributed by atoms with van der Waals surface area (Å²) in [5.41, 5.74) is 1.58. The molecular weight excluding hydrogens is 218 g/mol. The van der Waals surface area contributed by atoms with Crippen LogP contribution in [0.1, 0.15) is 22.3 Å². The lowest BCUT2D eigenvalue weighted by atomic mass is 10.1. The number of nitrogens with one attached hydrogen (secondary N) is 1. The van der Waals surface area contributed by atoms with Crippen LogP contribution in [0.2, 0.25) is 0 Å². The molecule has 1 rings (SSSR count). The predicted octanol–water partition coefficient (Wildman–Crippen LogP) is 1.60. The Bertz CT molecular complexity index is 352. The number of rotatable bonds is 7. The van der Waals surface area contributed by atoms with E-state index in [0.29, 0.717) is 12.1 Å². The quantitative estimate of drug-likeness (QED) is 0.578. The van der Waals surface area contributed by atoms with Crippen LogP contribution in [-0.4, -0.2) is 33.3 Å². The fourth-order valence-corrected chi connectivity index (χ4v) is 1.55. The maximum absolute atomic E-state index is 11.5. The van der Waals surface area contributed by atoms with E-state index in [4.69, 9.17) is 9.47 Å². The molecular formula is C13H19NO3. The fraction of sp³-hybridized carbons (Fsp3) is 0.462. The summed E-state index contributed by atoms with van der Waals surface area (Å²) in [4.78, 5) is 11.5. The Morgan fingerprint density at radius 3 is 2.76 bits per heavy atom. The number of benzene rings is 1. The molecule has 0 aromatic heterocycles. The Balaban J connectivity index is 2.49. The van der Waals surface area contributed by atoms with Gasteiger partial charge in [-0.3, -0.25) is 0 Å². The summed E-state index contributed by atoms with van der Waals surface area (Å²) in [5, 5.41) is 3.27. The van der Waals surface area contributed by atoms with E-state index in [2.05, 4.69) is 5.32 Å². The smallest absolute Gasteiger partial charge is 0.338 e. The van der Waals surface area contributed by atoms with E-state index < -0.39 is 0 Å². The highest BCUT2D eigenvalue weighted by molar-refractivity contribution is 5.90. The molecule has 0 heterocycles. The number of carbonyl (C=O) groups excluding carboxylic acids is 1. The van der Waals surface area contributed by atoms with Crippen LogP contribution in [0, 0.1) is 0 Å². The van der Waals surface area contributed by atoms with Gasteiger partial charge in [0.15, 0.2) is 0 Å². The summed E-state index contributed by atoms with van der Waals surface area (Å²) in [6.45, 7) is 2.27. The topological polar surface area (TPSA) is 47.6 Å². The lowest BCUT2D eigenvalue weighted by Gasteiger charge is -2.08. The highest BCUT2D eigenvalue weighted by Gasteiger charge is 2.09. The molecule has 0 spiro atoms. The van der Waals surface area contributed by atoms with Gasteiger partial charge in [-0.2, -0.15) is 0 Å². The van der Waals surface area contributed by atoms with Gasteiger partial charge in [-0.1, -0.05) is 18.2 Å². The first-order valence-electron chi connectivity index (χ1n) is 5.65.